The number of hydrogen-bond donors (Lipinski definition) is 1. The van der Waals surface area contributed by atoms with Crippen LogP contribution in [-0.2, 0) is 9.53 Å². The van der Waals surface area contributed by atoms with Gasteiger partial charge in [0.2, 0.25) is 5.95 Å². The van der Waals surface area contributed by atoms with Gasteiger partial charge >= 0.3 is 5.97 Å². The van der Waals surface area contributed by atoms with Crippen LogP contribution in [0.3, 0.4) is 0 Å². The highest BCUT2D eigenvalue weighted by molar-refractivity contribution is 5.92. The fourth-order valence-corrected chi connectivity index (χ4v) is 3.07. The van der Waals surface area contributed by atoms with E-state index in [-0.39, 0.29) is 0 Å². The second-order valence-corrected chi connectivity index (χ2v) is 6.20. The fourth-order valence-electron chi connectivity index (χ4n) is 3.07. The van der Waals surface area contributed by atoms with Crippen LogP contribution in [0.2, 0.25) is 0 Å². The Hall–Kier alpha value is -3.03. The average molecular weight is 372 g/mol. The molecule has 2 heterocycles. The lowest BCUT2D eigenvalue weighted by Gasteiger charge is -2.28. The van der Waals surface area contributed by atoms with E-state index in [1.54, 1.807) is 11.8 Å². The highest BCUT2D eigenvalue weighted by atomic mass is 16.5. The molecule has 0 radical (unpaired) electrons. The van der Waals surface area contributed by atoms with Gasteiger partial charge in [0, 0.05) is 5.70 Å². The van der Waals surface area contributed by atoms with E-state index in [9.17, 15) is 4.79 Å². The molecule has 0 aliphatic carbocycles. The maximum absolute atomic E-state index is 12.5. The summed E-state index contributed by atoms with van der Waals surface area (Å²) >= 11 is 0. The second kappa shape index (κ2) is 8.11. The minimum Gasteiger partial charge on any atom is -0.493 e. The van der Waals surface area contributed by atoms with E-state index >= 15 is 0 Å². The number of aromatic nitrogens is 3. The molecule has 1 aromatic carbocycles. The van der Waals surface area contributed by atoms with Crippen LogP contribution in [0, 0.1) is 0 Å². The Morgan fingerprint density at radius 3 is 2.81 bits per heavy atom. The van der Waals surface area contributed by atoms with Gasteiger partial charge in [0.15, 0.2) is 11.5 Å². The summed E-state index contributed by atoms with van der Waals surface area (Å²) < 4.78 is 18.0. The van der Waals surface area contributed by atoms with E-state index in [2.05, 4.69) is 22.3 Å². The minimum absolute atomic E-state index is 0.423. The molecular weight excluding hydrogens is 348 g/mol. The lowest BCUT2D eigenvalue weighted by Crippen LogP contribution is -2.29. The van der Waals surface area contributed by atoms with Crippen molar-refractivity contribution in [1.29, 1.82) is 0 Å². The number of unbranched alkanes of at least 4 members (excludes halogenated alkanes) is 1. The second-order valence-electron chi connectivity index (χ2n) is 6.20. The van der Waals surface area contributed by atoms with Gasteiger partial charge < -0.3 is 19.5 Å². The van der Waals surface area contributed by atoms with Gasteiger partial charge in [-0.3, -0.25) is 0 Å². The highest BCUT2D eigenvalue weighted by Gasteiger charge is 2.34. The van der Waals surface area contributed by atoms with Crippen LogP contribution in [0.5, 0.6) is 11.5 Å². The van der Waals surface area contributed by atoms with E-state index < -0.39 is 12.0 Å². The van der Waals surface area contributed by atoms with Gasteiger partial charge in [-0.15, -0.1) is 0 Å². The zero-order valence-electron chi connectivity index (χ0n) is 16.0. The Kier molecular flexibility index (Phi) is 5.63. The number of methoxy groups -OCH3 is 2. The van der Waals surface area contributed by atoms with Crippen molar-refractivity contribution in [1.82, 2.24) is 14.8 Å². The molecule has 2 aromatic rings. The molecule has 1 aliphatic heterocycles. The Morgan fingerprint density at radius 2 is 2.11 bits per heavy atom. The van der Waals surface area contributed by atoms with Crippen LogP contribution in [0.15, 0.2) is 35.8 Å². The molecule has 1 N–H and O–H groups in total. The van der Waals surface area contributed by atoms with Gasteiger partial charge in [-0.2, -0.15) is 10.1 Å². The third kappa shape index (κ3) is 3.60. The van der Waals surface area contributed by atoms with E-state index in [0.29, 0.717) is 35.3 Å². The molecule has 27 heavy (non-hydrogen) atoms. The summed E-state index contributed by atoms with van der Waals surface area (Å²) in [6.45, 7) is 4.55. The van der Waals surface area contributed by atoms with Crippen LogP contribution >= 0.6 is 0 Å². The molecule has 0 saturated carbocycles. The maximum atomic E-state index is 12.5. The standard InChI is InChI=1S/C19H24N4O4/c1-5-6-9-27-14-8-7-13(10-15(14)25-3)17-16(18(24)26-4)12(2)22-19-20-11-21-23(17)19/h7-8,10-11,17H,5-6,9H2,1-4H3,(H,20,21,22). The monoisotopic (exact) mass is 372 g/mol. The first-order valence-corrected chi connectivity index (χ1v) is 8.87. The van der Waals surface area contributed by atoms with Crippen molar-refractivity contribution in [2.24, 2.45) is 0 Å². The first-order chi connectivity index (χ1) is 13.1. The molecule has 0 spiro atoms. The van der Waals surface area contributed by atoms with Crippen LogP contribution in [-0.4, -0.2) is 41.6 Å². The zero-order chi connectivity index (χ0) is 19.4. The molecule has 1 atom stereocenters. The van der Waals surface area contributed by atoms with Crippen LogP contribution < -0.4 is 14.8 Å². The SMILES string of the molecule is CCCCOc1ccc(C2C(C(=O)OC)=C(C)Nc3ncnn32)cc1OC. The average Bonchev–Trinajstić information content (AvgIpc) is 3.14. The predicted molar refractivity (Wildman–Crippen MR) is 99.9 cm³/mol. The number of allylic oxidation sites excluding steroid dienone is 1. The molecule has 0 fully saturated rings. The Morgan fingerprint density at radius 1 is 1.30 bits per heavy atom. The topological polar surface area (TPSA) is 87.5 Å². The van der Waals surface area contributed by atoms with Crippen molar-refractivity contribution in [3.8, 4) is 11.5 Å². The lowest BCUT2D eigenvalue weighted by atomic mass is 9.95. The summed E-state index contributed by atoms with van der Waals surface area (Å²) in [5, 5.41) is 7.38. The van der Waals surface area contributed by atoms with Gasteiger partial charge in [-0.25, -0.2) is 9.48 Å². The minimum atomic E-state index is -0.477. The summed E-state index contributed by atoms with van der Waals surface area (Å²) in [7, 11) is 2.96. The first kappa shape index (κ1) is 18.8. The number of anilines is 1. The molecule has 144 valence electrons. The number of carbonyl (C=O) groups is 1. The molecule has 0 bridgehead atoms. The number of ether oxygens (including phenoxy) is 3. The first-order valence-electron chi connectivity index (χ1n) is 8.87. The number of benzene rings is 1. The summed E-state index contributed by atoms with van der Waals surface area (Å²) in [6.07, 6.45) is 3.47. The third-order valence-corrected chi connectivity index (χ3v) is 4.46. The van der Waals surface area contributed by atoms with Crippen molar-refractivity contribution in [3.63, 3.8) is 0 Å². The van der Waals surface area contributed by atoms with Gasteiger partial charge in [-0.1, -0.05) is 19.4 Å². The van der Waals surface area contributed by atoms with Crippen molar-refractivity contribution in [3.05, 3.63) is 41.4 Å². The molecule has 8 nitrogen and oxygen atoms in total. The number of nitrogens with one attached hydrogen (secondary N) is 1. The molecule has 3 rings (SSSR count). The van der Waals surface area contributed by atoms with Gasteiger partial charge in [0.25, 0.3) is 0 Å². The summed E-state index contributed by atoms with van der Waals surface area (Å²) in [6, 6.07) is 5.14. The molecule has 1 unspecified atom stereocenters. The number of esters is 1. The quantitative estimate of drug-likeness (QED) is 0.590. The molecular formula is C19H24N4O4. The predicted octanol–water partition coefficient (Wildman–Crippen LogP) is 2.93. The lowest BCUT2D eigenvalue weighted by molar-refractivity contribution is -0.136. The van der Waals surface area contributed by atoms with Crippen LogP contribution in [0.1, 0.15) is 38.3 Å². The van der Waals surface area contributed by atoms with Gasteiger partial charge in [0.05, 0.1) is 26.4 Å². The smallest absolute Gasteiger partial charge is 0.338 e. The normalized spacial score (nSPS) is 15.8. The number of rotatable bonds is 7. The largest absolute Gasteiger partial charge is 0.493 e. The highest BCUT2D eigenvalue weighted by Crippen LogP contribution is 2.38. The van der Waals surface area contributed by atoms with E-state index in [1.165, 1.54) is 13.4 Å². The van der Waals surface area contributed by atoms with Crippen LogP contribution in [0.25, 0.3) is 0 Å². The fraction of sp³-hybridized carbons (Fsp3) is 0.421. The van der Waals surface area contributed by atoms with Gasteiger partial charge in [-0.05, 0) is 31.0 Å². The van der Waals surface area contributed by atoms with Crippen molar-refractivity contribution >= 4 is 11.9 Å². The third-order valence-electron chi connectivity index (χ3n) is 4.46. The van der Waals surface area contributed by atoms with Crippen molar-refractivity contribution in [2.75, 3.05) is 26.1 Å². The zero-order valence-corrected chi connectivity index (χ0v) is 16.0. The van der Waals surface area contributed by atoms with E-state index in [1.807, 2.05) is 25.1 Å². The Balaban J connectivity index is 2.03. The van der Waals surface area contributed by atoms with Crippen LogP contribution in [0.4, 0.5) is 5.95 Å². The van der Waals surface area contributed by atoms with E-state index in [4.69, 9.17) is 14.2 Å². The molecule has 1 aromatic heterocycles. The Bertz CT molecular complexity index is 859. The molecule has 0 amide bonds. The summed E-state index contributed by atoms with van der Waals surface area (Å²) in [4.78, 5) is 16.7. The number of carbonyl (C=O) groups excluding carboxylic acids is 1. The number of fused-ring (bicyclic) bond motifs is 1. The summed E-state index contributed by atoms with van der Waals surface area (Å²) in [5.41, 5.74) is 1.97. The van der Waals surface area contributed by atoms with Crippen molar-refractivity contribution < 1.29 is 19.0 Å². The molecule has 1 aliphatic rings. The Labute approximate surface area is 158 Å². The summed E-state index contributed by atoms with van der Waals surface area (Å²) in [5.74, 6) is 1.41. The maximum Gasteiger partial charge on any atom is 0.338 e. The van der Waals surface area contributed by atoms with Crippen molar-refractivity contribution in [2.45, 2.75) is 32.7 Å². The molecule has 0 saturated heterocycles. The van der Waals surface area contributed by atoms with E-state index in [0.717, 1.165) is 18.4 Å². The van der Waals surface area contributed by atoms with Gasteiger partial charge in [0.1, 0.15) is 12.4 Å². The number of hydrogen-bond acceptors (Lipinski definition) is 7. The number of nitrogens with zero attached hydrogens (tertiary/aromatic N) is 3. The molecule has 8 heteroatoms.